The lowest BCUT2D eigenvalue weighted by Gasteiger charge is -2.28. The molecule has 0 amide bonds. The van der Waals surface area contributed by atoms with Crippen LogP contribution in [0.4, 0.5) is 11.9 Å². The Balaban J connectivity index is 1.88. The van der Waals surface area contributed by atoms with Crippen LogP contribution in [0.5, 0.6) is 0 Å². The molecule has 18 heavy (non-hydrogen) atoms. The number of nitrogens with one attached hydrogen (secondary N) is 2. The van der Waals surface area contributed by atoms with Gasteiger partial charge < -0.3 is 15.5 Å². The van der Waals surface area contributed by atoms with Gasteiger partial charge in [-0.2, -0.15) is 15.0 Å². The number of aromatic nitrogens is 3. The highest BCUT2D eigenvalue weighted by Crippen LogP contribution is 2.16. The minimum Gasteiger partial charge on any atom is -0.357 e. The highest BCUT2D eigenvalue weighted by Gasteiger charge is 2.16. The van der Waals surface area contributed by atoms with Crippen molar-refractivity contribution >= 4 is 23.5 Å². The van der Waals surface area contributed by atoms with Crippen LogP contribution in [0.15, 0.2) is 0 Å². The van der Waals surface area contributed by atoms with Crippen LogP contribution in [0.3, 0.4) is 0 Å². The summed E-state index contributed by atoms with van der Waals surface area (Å²) in [7, 11) is 3.92. The average molecular weight is 271 g/mol. The molecule has 0 atom stereocenters. The first kappa shape index (κ1) is 13.3. The Bertz CT molecular complexity index is 391. The number of nitrogens with zero attached hydrogens (tertiary/aromatic N) is 4. The number of anilines is 2. The quantitative estimate of drug-likeness (QED) is 0.860. The topological polar surface area (TPSA) is 66.0 Å². The summed E-state index contributed by atoms with van der Waals surface area (Å²) in [6, 6.07) is 0. The molecule has 2 heterocycles. The van der Waals surface area contributed by atoms with Crippen molar-refractivity contribution in [2.75, 3.05) is 44.4 Å². The monoisotopic (exact) mass is 270 g/mol. The van der Waals surface area contributed by atoms with Crippen molar-refractivity contribution in [1.29, 1.82) is 0 Å². The van der Waals surface area contributed by atoms with E-state index < -0.39 is 0 Å². The maximum Gasteiger partial charge on any atom is 0.228 e. The molecule has 7 heteroatoms. The molecule has 0 radical (unpaired) electrons. The number of hydrogen-bond donors (Lipinski definition) is 2. The highest BCUT2D eigenvalue weighted by atomic mass is 35.5. The summed E-state index contributed by atoms with van der Waals surface area (Å²) < 4.78 is 0. The first-order chi connectivity index (χ1) is 8.67. The zero-order chi connectivity index (χ0) is 13.0. The van der Waals surface area contributed by atoms with Gasteiger partial charge in [0, 0.05) is 13.6 Å². The van der Waals surface area contributed by atoms with Gasteiger partial charge in [-0.3, -0.25) is 0 Å². The van der Waals surface area contributed by atoms with Crippen molar-refractivity contribution in [3.63, 3.8) is 0 Å². The van der Waals surface area contributed by atoms with Gasteiger partial charge in [-0.25, -0.2) is 0 Å². The molecule has 0 aliphatic carbocycles. The molecule has 2 N–H and O–H groups in total. The lowest BCUT2D eigenvalue weighted by molar-refractivity contribution is 0.226. The van der Waals surface area contributed by atoms with Gasteiger partial charge >= 0.3 is 0 Å². The molecule has 2 rings (SSSR count). The Morgan fingerprint density at radius 2 is 1.89 bits per heavy atom. The van der Waals surface area contributed by atoms with Gasteiger partial charge in [-0.05, 0) is 50.5 Å². The predicted octanol–water partition coefficient (Wildman–Crippen LogP) is 1.32. The molecule has 1 aliphatic rings. The van der Waals surface area contributed by atoms with Crippen LogP contribution in [-0.4, -0.2) is 53.6 Å². The van der Waals surface area contributed by atoms with Crippen molar-refractivity contribution in [3.8, 4) is 0 Å². The molecular weight excluding hydrogens is 252 g/mol. The Labute approximate surface area is 112 Å². The Kier molecular flexibility index (Phi) is 4.54. The SMILES string of the molecule is CNc1nc(Cl)nc(NCC2CCN(C)CC2)n1. The molecule has 0 unspecified atom stereocenters. The van der Waals surface area contributed by atoms with Crippen LogP contribution in [-0.2, 0) is 0 Å². The minimum atomic E-state index is 0.209. The average Bonchev–Trinajstić information content (AvgIpc) is 2.37. The van der Waals surface area contributed by atoms with Crippen molar-refractivity contribution < 1.29 is 0 Å². The maximum atomic E-state index is 5.82. The van der Waals surface area contributed by atoms with E-state index in [1.165, 1.54) is 12.8 Å². The van der Waals surface area contributed by atoms with Crippen LogP contribution in [0.25, 0.3) is 0 Å². The summed E-state index contributed by atoms with van der Waals surface area (Å²) in [6.07, 6.45) is 2.42. The van der Waals surface area contributed by atoms with E-state index in [9.17, 15) is 0 Å². The van der Waals surface area contributed by atoms with Gasteiger partial charge in [0.15, 0.2) is 0 Å². The smallest absolute Gasteiger partial charge is 0.228 e. The predicted molar refractivity (Wildman–Crippen MR) is 73.1 cm³/mol. The standard InChI is InChI=1S/C11H19ClN6/c1-13-10-15-9(12)16-11(17-10)14-7-8-3-5-18(2)6-4-8/h8H,3-7H2,1-2H3,(H2,13,14,15,16,17). The molecule has 1 aliphatic heterocycles. The molecule has 1 fully saturated rings. The van der Waals surface area contributed by atoms with Gasteiger partial charge in [-0.15, -0.1) is 0 Å². The van der Waals surface area contributed by atoms with Crippen LogP contribution < -0.4 is 10.6 Å². The maximum absolute atomic E-state index is 5.82. The van der Waals surface area contributed by atoms with E-state index in [-0.39, 0.29) is 5.28 Å². The van der Waals surface area contributed by atoms with Crippen molar-refractivity contribution in [3.05, 3.63) is 5.28 Å². The van der Waals surface area contributed by atoms with E-state index in [1.807, 2.05) is 0 Å². The number of hydrogen-bond acceptors (Lipinski definition) is 6. The van der Waals surface area contributed by atoms with Crippen LogP contribution >= 0.6 is 11.6 Å². The number of likely N-dealkylation sites (tertiary alicyclic amines) is 1. The van der Waals surface area contributed by atoms with Gasteiger partial charge in [-0.1, -0.05) is 0 Å². The zero-order valence-corrected chi connectivity index (χ0v) is 11.5. The molecule has 0 saturated carbocycles. The molecule has 100 valence electrons. The third-order valence-corrected chi connectivity index (χ3v) is 3.39. The summed E-state index contributed by atoms with van der Waals surface area (Å²) in [4.78, 5) is 14.6. The van der Waals surface area contributed by atoms with Gasteiger partial charge in [0.2, 0.25) is 17.2 Å². The van der Waals surface area contributed by atoms with Gasteiger partial charge in [0.1, 0.15) is 0 Å². The van der Waals surface area contributed by atoms with E-state index in [2.05, 4.69) is 37.5 Å². The Morgan fingerprint density at radius 1 is 1.22 bits per heavy atom. The van der Waals surface area contributed by atoms with Crippen LogP contribution in [0.2, 0.25) is 5.28 Å². The molecule has 0 spiro atoms. The normalized spacial score (nSPS) is 17.7. The fourth-order valence-electron chi connectivity index (χ4n) is 2.04. The first-order valence-corrected chi connectivity index (χ1v) is 6.57. The number of piperidine rings is 1. The number of rotatable bonds is 4. The second-order valence-electron chi connectivity index (χ2n) is 4.63. The third-order valence-electron chi connectivity index (χ3n) is 3.22. The van der Waals surface area contributed by atoms with Crippen LogP contribution in [0.1, 0.15) is 12.8 Å². The number of halogens is 1. The second kappa shape index (κ2) is 6.15. The van der Waals surface area contributed by atoms with Crippen molar-refractivity contribution in [2.45, 2.75) is 12.8 Å². The molecule has 0 aromatic carbocycles. The molecule has 1 aromatic rings. The largest absolute Gasteiger partial charge is 0.357 e. The first-order valence-electron chi connectivity index (χ1n) is 6.19. The lowest BCUT2D eigenvalue weighted by atomic mass is 9.97. The summed E-state index contributed by atoms with van der Waals surface area (Å²) in [6.45, 7) is 3.20. The summed E-state index contributed by atoms with van der Waals surface area (Å²) in [5.41, 5.74) is 0. The summed E-state index contributed by atoms with van der Waals surface area (Å²) in [5, 5.41) is 6.31. The van der Waals surface area contributed by atoms with Gasteiger partial charge in [0.05, 0.1) is 0 Å². The Hall–Kier alpha value is -1.14. The van der Waals surface area contributed by atoms with E-state index in [0.29, 0.717) is 17.8 Å². The van der Waals surface area contributed by atoms with Crippen molar-refractivity contribution in [1.82, 2.24) is 19.9 Å². The van der Waals surface area contributed by atoms with Crippen LogP contribution in [0, 0.1) is 5.92 Å². The summed E-state index contributed by atoms with van der Waals surface area (Å²) in [5.74, 6) is 1.70. The third kappa shape index (κ3) is 3.68. The lowest BCUT2D eigenvalue weighted by Crippen LogP contribution is -2.33. The molecule has 0 bridgehead atoms. The van der Waals surface area contributed by atoms with Gasteiger partial charge in [0.25, 0.3) is 0 Å². The van der Waals surface area contributed by atoms with Crippen molar-refractivity contribution in [2.24, 2.45) is 5.92 Å². The second-order valence-corrected chi connectivity index (χ2v) is 4.97. The van der Waals surface area contributed by atoms with E-state index in [1.54, 1.807) is 7.05 Å². The summed E-state index contributed by atoms with van der Waals surface area (Å²) >= 11 is 5.82. The van der Waals surface area contributed by atoms with E-state index in [0.717, 1.165) is 19.6 Å². The highest BCUT2D eigenvalue weighted by molar-refractivity contribution is 6.28. The fraction of sp³-hybridized carbons (Fsp3) is 0.727. The zero-order valence-electron chi connectivity index (χ0n) is 10.8. The molecule has 1 saturated heterocycles. The minimum absolute atomic E-state index is 0.209. The molecule has 1 aromatic heterocycles. The Morgan fingerprint density at radius 3 is 2.56 bits per heavy atom. The van der Waals surface area contributed by atoms with E-state index >= 15 is 0 Å². The molecule has 6 nitrogen and oxygen atoms in total. The fourth-order valence-corrected chi connectivity index (χ4v) is 2.20. The molecular formula is C11H19ClN6. The van der Waals surface area contributed by atoms with E-state index in [4.69, 9.17) is 11.6 Å².